The molecule has 0 fully saturated rings. The van der Waals surface area contributed by atoms with E-state index in [1.807, 2.05) is 39.1 Å². The zero-order valence-electron chi connectivity index (χ0n) is 14.8. The Labute approximate surface area is 151 Å². The third-order valence-corrected chi connectivity index (χ3v) is 6.64. The maximum atomic E-state index is 13.2. The molecule has 8 heteroatoms. The van der Waals surface area contributed by atoms with E-state index in [4.69, 9.17) is 0 Å². The van der Waals surface area contributed by atoms with Gasteiger partial charge in [0, 0.05) is 14.1 Å². The van der Waals surface area contributed by atoms with E-state index in [0.29, 0.717) is 10.7 Å². The van der Waals surface area contributed by atoms with Gasteiger partial charge < -0.3 is 4.90 Å². The molecule has 0 saturated heterocycles. The van der Waals surface area contributed by atoms with Crippen LogP contribution in [-0.4, -0.2) is 43.4 Å². The molecule has 0 aliphatic carbocycles. The van der Waals surface area contributed by atoms with Crippen LogP contribution in [-0.2, 0) is 9.84 Å². The molecule has 25 heavy (non-hydrogen) atoms. The van der Waals surface area contributed by atoms with Crippen molar-refractivity contribution in [3.63, 3.8) is 0 Å². The Hall–Kier alpha value is -2.06. The van der Waals surface area contributed by atoms with Crippen molar-refractivity contribution in [1.29, 1.82) is 0 Å². The van der Waals surface area contributed by atoms with E-state index in [9.17, 15) is 8.42 Å². The summed E-state index contributed by atoms with van der Waals surface area (Å²) < 4.78 is 28.1. The number of aromatic nitrogens is 3. The van der Waals surface area contributed by atoms with Gasteiger partial charge in [0.25, 0.3) is 0 Å². The Morgan fingerprint density at radius 1 is 1.12 bits per heavy atom. The molecule has 0 N–H and O–H groups in total. The number of anilines is 1. The summed E-state index contributed by atoms with van der Waals surface area (Å²) in [4.78, 5) is 6.96. The van der Waals surface area contributed by atoms with Crippen LogP contribution in [0, 0.1) is 13.8 Å². The fraction of sp³-hybridized carbons (Fsp3) is 0.294. The van der Waals surface area contributed by atoms with Crippen molar-refractivity contribution >= 4 is 32.9 Å². The molecule has 0 unspecified atom stereocenters. The van der Waals surface area contributed by atoms with Crippen LogP contribution < -0.4 is 4.90 Å². The second kappa shape index (κ2) is 6.34. The van der Waals surface area contributed by atoms with Gasteiger partial charge in [-0.3, -0.25) is 0 Å². The number of thioether (sulfide) groups is 1. The van der Waals surface area contributed by atoms with E-state index in [1.54, 1.807) is 34.8 Å². The van der Waals surface area contributed by atoms with Gasteiger partial charge in [0.1, 0.15) is 5.03 Å². The molecule has 0 saturated carbocycles. The van der Waals surface area contributed by atoms with E-state index in [0.717, 1.165) is 17.1 Å². The Morgan fingerprint density at radius 2 is 1.76 bits per heavy atom. The number of aryl methyl sites for hydroxylation is 2. The first-order chi connectivity index (χ1) is 11.8. The van der Waals surface area contributed by atoms with Gasteiger partial charge in [0.2, 0.25) is 9.84 Å². The topological polar surface area (TPSA) is 67.6 Å². The van der Waals surface area contributed by atoms with Crippen LogP contribution in [0.5, 0.6) is 0 Å². The first-order valence-corrected chi connectivity index (χ1v) is 10.4. The van der Waals surface area contributed by atoms with Crippen molar-refractivity contribution < 1.29 is 8.42 Å². The molecule has 0 spiro atoms. The quantitative estimate of drug-likeness (QED) is 0.652. The third-order valence-electron chi connectivity index (χ3n) is 4.03. The summed E-state index contributed by atoms with van der Waals surface area (Å²) >= 11 is 1.31. The first-order valence-electron chi connectivity index (χ1n) is 7.70. The van der Waals surface area contributed by atoms with Crippen LogP contribution in [0.1, 0.15) is 11.4 Å². The molecular weight excluding hydrogens is 356 g/mol. The van der Waals surface area contributed by atoms with E-state index in [1.165, 1.54) is 11.8 Å². The van der Waals surface area contributed by atoms with E-state index < -0.39 is 9.84 Å². The number of benzene rings is 1. The Bertz CT molecular complexity index is 1040. The van der Waals surface area contributed by atoms with Crippen molar-refractivity contribution in [2.24, 2.45) is 0 Å². The molecule has 3 aromatic rings. The fourth-order valence-corrected chi connectivity index (χ4v) is 5.43. The maximum Gasteiger partial charge on any atom is 0.213 e. The monoisotopic (exact) mass is 376 g/mol. The molecule has 0 amide bonds. The lowest BCUT2D eigenvalue weighted by Crippen LogP contribution is -2.16. The number of hydrogen-bond acceptors (Lipinski definition) is 6. The van der Waals surface area contributed by atoms with Crippen LogP contribution in [0.3, 0.4) is 0 Å². The van der Waals surface area contributed by atoms with Crippen LogP contribution in [0.15, 0.2) is 45.1 Å². The molecule has 0 aliphatic heterocycles. The van der Waals surface area contributed by atoms with Gasteiger partial charge in [0.15, 0.2) is 10.5 Å². The Kier molecular flexibility index (Phi) is 4.51. The largest absolute Gasteiger partial charge is 0.375 e. The molecule has 0 bridgehead atoms. The Balaban J connectivity index is 2.40. The minimum absolute atomic E-state index is 0.169. The highest BCUT2D eigenvalue weighted by atomic mass is 32.2. The highest BCUT2D eigenvalue weighted by Gasteiger charge is 2.29. The van der Waals surface area contributed by atoms with Gasteiger partial charge >= 0.3 is 0 Å². The molecule has 132 valence electrons. The number of nitrogens with zero attached hydrogens (tertiary/aromatic N) is 4. The SMILES string of the molecule is CSc1nn2c(C)c(N(C)C)c(C)nc2c1S(=O)(=O)c1ccccc1. The summed E-state index contributed by atoms with van der Waals surface area (Å²) in [5.74, 6) is 0. The molecule has 3 rings (SSSR count). The van der Waals surface area contributed by atoms with Gasteiger partial charge in [-0.2, -0.15) is 5.10 Å². The summed E-state index contributed by atoms with van der Waals surface area (Å²) in [6.07, 6.45) is 1.82. The minimum atomic E-state index is -3.71. The predicted molar refractivity (Wildman–Crippen MR) is 100 cm³/mol. The predicted octanol–water partition coefficient (Wildman–Crippen LogP) is 2.97. The van der Waals surface area contributed by atoms with Gasteiger partial charge in [-0.05, 0) is 32.2 Å². The minimum Gasteiger partial charge on any atom is -0.375 e. The third kappa shape index (κ3) is 2.79. The van der Waals surface area contributed by atoms with Crippen molar-refractivity contribution in [2.45, 2.75) is 28.7 Å². The zero-order valence-corrected chi connectivity index (χ0v) is 16.4. The first kappa shape index (κ1) is 17.8. The van der Waals surface area contributed by atoms with Crippen LogP contribution >= 0.6 is 11.8 Å². The molecule has 1 aromatic carbocycles. The number of hydrogen-bond donors (Lipinski definition) is 0. The summed E-state index contributed by atoms with van der Waals surface area (Å²) in [6, 6.07) is 8.41. The lowest BCUT2D eigenvalue weighted by molar-refractivity contribution is 0.594. The number of fused-ring (bicyclic) bond motifs is 1. The van der Waals surface area contributed by atoms with Gasteiger partial charge in [-0.25, -0.2) is 17.9 Å². The lowest BCUT2D eigenvalue weighted by Gasteiger charge is -2.18. The van der Waals surface area contributed by atoms with Crippen LogP contribution in [0.4, 0.5) is 5.69 Å². The second-order valence-electron chi connectivity index (χ2n) is 5.92. The molecule has 6 nitrogen and oxygen atoms in total. The zero-order chi connectivity index (χ0) is 18.4. The average Bonchev–Trinajstić information content (AvgIpc) is 2.94. The van der Waals surface area contributed by atoms with Gasteiger partial charge in [-0.1, -0.05) is 18.2 Å². The smallest absolute Gasteiger partial charge is 0.213 e. The van der Waals surface area contributed by atoms with E-state index in [2.05, 4.69) is 10.1 Å². The second-order valence-corrected chi connectivity index (χ2v) is 8.60. The van der Waals surface area contributed by atoms with Crippen molar-refractivity contribution in [3.8, 4) is 0 Å². The Morgan fingerprint density at radius 3 is 2.32 bits per heavy atom. The van der Waals surface area contributed by atoms with Crippen LogP contribution in [0.25, 0.3) is 5.65 Å². The average molecular weight is 377 g/mol. The molecular formula is C17H20N4O2S2. The normalized spacial score (nSPS) is 11.9. The molecule has 0 atom stereocenters. The summed E-state index contributed by atoms with van der Waals surface area (Å²) in [7, 11) is 0.156. The van der Waals surface area contributed by atoms with Crippen molar-refractivity contribution in [3.05, 3.63) is 41.7 Å². The van der Waals surface area contributed by atoms with Gasteiger partial charge in [-0.15, -0.1) is 11.8 Å². The summed E-state index contributed by atoms with van der Waals surface area (Å²) in [6.45, 7) is 3.81. The highest BCUT2D eigenvalue weighted by molar-refractivity contribution is 7.99. The summed E-state index contributed by atoms with van der Waals surface area (Å²) in [5, 5.41) is 4.97. The molecule has 2 heterocycles. The molecule has 2 aromatic heterocycles. The maximum absolute atomic E-state index is 13.2. The lowest BCUT2D eigenvalue weighted by atomic mass is 10.2. The van der Waals surface area contributed by atoms with Gasteiger partial charge in [0.05, 0.1) is 22.0 Å². The molecule has 0 aliphatic rings. The number of sulfone groups is 1. The van der Waals surface area contributed by atoms with E-state index in [-0.39, 0.29) is 9.79 Å². The standard InChI is InChI=1S/C17H20N4O2S2/c1-11-14(20(3)4)12(2)21-16(18-11)15(17(19-21)24-5)25(22,23)13-9-7-6-8-10-13/h6-10H,1-5H3. The number of rotatable bonds is 4. The van der Waals surface area contributed by atoms with Crippen molar-refractivity contribution in [2.75, 3.05) is 25.3 Å². The fourth-order valence-electron chi connectivity index (χ4n) is 3.01. The molecule has 0 radical (unpaired) electrons. The highest BCUT2D eigenvalue weighted by Crippen LogP contribution is 2.34. The van der Waals surface area contributed by atoms with Crippen LogP contribution in [0.2, 0.25) is 0 Å². The van der Waals surface area contributed by atoms with Crippen molar-refractivity contribution in [1.82, 2.24) is 14.6 Å². The van der Waals surface area contributed by atoms with E-state index >= 15 is 0 Å². The summed E-state index contributed by atoms with van der Waals surface area (Å²) in [5.41, 5.74) is 2.93.